The van der Waals surface area contributed by atoms with Crippen molar-refractivity contribution in [2.75, 3.05) is 0 Å². The highest BCUT2D eigenvalue weighted by Crippen LogP contribution is 2.33. The maximum atomic E-state index is 12.4. The van der Waals surface area contributed by atoms with E-state index in [1.807, 2.05) is 18.2 Å². The van der Waals surface area contributed by atoms with Crippen LogP contribution in [-0.2, 0) is 17.6 Å². The fourth-order valence-electron chi connectivity index (χ4n) is 3.31. The third kappa shape index (κ3) is 3.53. The molecule has 1 aromatic heterocycles. The van der Waals surface area contributed by atoms with Crippen molar-refractivity contribution in [1.29, 1.82) is 0 Å². The molecule has 2 atom stereocenters. The molecule has 7 heteroatoms. The zero-order valence-electron chi connectivity index (χ0n) is 13.1. The number of aromatic nitrogens is 1. The van der Waals surface area contributed by atoms with Crippen LogP contribution in [0.4, 0.5) is 13.2 Å². The van der Waals surface area contributed by atoms with Gasteiger partial charge in [-0.25, -0.2) is 0 Å². The van der Waals surface area contributed by atoms with Crippen molar-refractivity contribution in [3.63, 3.8) is 0 Å². The average molecular weight is 359 g/mol. The Hall–Kier alpha value is -1.69. The van der Waals surface area contributed by atoms with Gasteiger partial charge in [0.1, 0.15) is 0 Å². The summed E-state index contributed by atoms with van der Waals surface area (Å²) >= 11 is 6.19. The average Bonchev–Trinajstić information content (AvgIpc) is 2.85. The first-order chi connectivity index (χ1) is 11.2. The smallest absolute Gasteiger partial charge is 0.357 e. The predicted octanol–water partition coefficient (Wildman–Crippen LogP) is 4.38. The lowest BCUT2D eigenvalue weighted by Gasteiger charge is -2.25. The second-order valence-corrected chi connectivity index (χ2v) is 6.82. The topological polar surface area (TPSA) is 44.9 Å². The lowest BCUT2D eigenvalue weighted by molar-refractivity contribution is -0.153. The van der Waals surface area contributed by atoms with E-state index in [2.05, 4.69) is 10.3 Å². The number of carbonyl (C=O) groups excluding carboxylic acids is 1. The number of aryl methyl sites for hydroxylation is 1. The number of carbonyl (C=O) groups is 1. The number of fused-ring (bicyclic) bond motifs is 3. The molecule has 0 radical (unpaired) electrons. The van der Waals surface area contributed by atoms with Gasteiger partial charge >= 0.3 is 6.18 Å². The van der Waals surface area contributed by atoms with Gasteiger partial charge in [-0.3, -0.25) is 4.79 Å². The molecule has 0 fully saturated rings. The summed E-state index contributed by atoms with van der Waals surface area (Å²) in [6.45, 7) is 1.31. The maximum absolute atomic E-state index is 12.4. The van der Waals surface area contributed by atoms with Crippen LogP contribution in [0.15, 0.2) is 18.2 Å². The first-order valence-electron chi connectivity index (χ1n) is 7.89. The minimum Gasteiger partial charge on any atom is -0.357 e. The number of alkyl halides is 3. The molecule has 0 saturated heterocycles. The Labute approximate surface area is 142 Å². The van der Waals surface area contributed by atoms with Gasteiger partial charge in [0.15, 0.2) is 0 Å². The van der Waals surface area contributed by atoms with E-state index in [0.717, 1.165) is 28.6 Å². The Morgan fingerprint density at radius 1 is 1.46 bits per heavy atom. The lowest BCUT2D eigenvalue weighted by atomic mass is 9.91. The van der Waals surface area contributed by atoms with E-state index in [9.17, 15) is 18.0 Å². The number of amides is 1. The van der Waals surface area contributed by atoms with Crippen LogP contribution in [0.5, 0.6) is 0 Å². The van der Waals surface area contributed by atoms with Crippen molar-refractivity contribution in [2.45, 2.75) is 44.8 Å². The molecule has 1 aliphatic rings. The van der Waals surface area contributed by atoms with Crippen molar-refractivity contribution in [3.05, 3.63) is 34.5 Å². The number of aromatic amines is 1. The molecule has 1 aliphatic carbocycles. The molecule has 0 saturated carbocycles. The van der Waals surface area contributed by atoms with Gasteiger partial charge in [0, 0.05) is 23.0 Å². The first kappa shape index (κ1) is 17.1. The summed E-state index contributed by atoms with van der Waals surface area (Å²) in [7, 11) is 0. The molecule has 2 N–H and O–H groups in total. The molecule has 0 spiro atoms. The van der Waals surface area contributed by atoms with Gasteiger partial charge in [-0.15, -0.1) is 0 Å². The third-order valence-electron chi connectivity index (χ3n) is 4.50. The predicted molar refractivity (Wildman–Crippen MR) is 87.1 cm³/mol. The van der Waals surface area contributed by atoms with Crippen LogP contribution in [0.3, 0.4) is 0 Å². The van der Waals surface area contributed by atoms with Gasteiger partial charge in [-0.05, 0) is 30.9 Å². The summed E-state index contributed by atoms with van der Waals surface area (Å²) in [6.07, 6.45) is -3.40. The standard InChI is InChI=1S/C17H18ClF3N2O/c1-9(8-17(19,20)21)16(24)22-10-5-6-14-12(7-10)11-3-2-4-13(18)15(11)23-14/h2-4,9-10,23H,5-8H2,1H3,(H,22,24). The van der Waals surface area contributed by atoms with Crippen molar-refractivity contribution in [1.82, 2.24) is 10.3 Å². The molecule has 2 unspecified atom stereocenters. The highest BCUT2D eigenvalue weighted by atomic mass is 35.5. The number of para-hydroxylation sites is 1. The fourth-order valence-corrected chi connectivity index (χ4v) is 3.53. The quantitative estimate of drug-likeness (QED) is 0.840. The highest BCUT2D eigenvalue weighted by Gasteiger charge is 2.34. The van der Waals surface area contributed by atoms with Crippen LogP contribution in [0.1, 0.15) is 31.0 Å². The zero-order chi connectivity index (χ0) is 17.5. The first-order valence-corrected chi connectivity index (χ1v) is 8.27. The number of benzene rings is 1. The number of rotatable bonds is 3. The molecular weight excluding hydrogens is 341 g/mol. The van der Waals surface area contributed by atoms with Gasteiger partial charge in [0.05, 0.1) is 17.0 Å². The second-order valence-electron chi connectivity index (χ2n) is 6.41. The molecular formula is C17H18ClF3N2O. The summed E-state index contributed by atoms with van der Waals surface area (Å²) in [5.41, 5.74) is 3.06. The van der Waals surface area contributed by atoms with E-state index in [1.54, 1.807) is 0 Å². The van der Waals surface area contributed by atoms with E-state index in [0.29, 0.717) is 17.9 Å². The molecule has 0 bridgehead atoms. The van der Waals surface area contributed by atoms with Gasteiger partial charge in [-0.2, -0.15) is 13.2 Å². The highest BCUT2D eigenvalue weighted by molar-refractivity contribution is 6.35. The molecule has 0 aliphatic heterocycles. The normalized spacial score (nSPS) is 19.1. The largest absolute Gasteiger partial charge is 0.389 e. The lowest BCUT2D eigenvalue weighted by Crippen LogP contribution is -2.42. The van der Waals surface area contributed by atoms with E-state index in [-0.39, 0.29) is 6.04 Å². The van der Waals surface area contributed by atoms with Crippen LogP contribution >= 0.6 is 11.6 Å². The second kappa shape index (κ2) is 6.31. The van der Waals surface area contributed by atoms with E-state index in [4.69, 9.17) is 11.6 Å². The summed E-state index contributed by atoms with van der Waals surface area (Å²) in [4.78, 5) is 15.3. The van der Waals surface area contributed by atoms with Crippen LogP contribution in [0.25, 0.3) is 10.9 Å². The van der Waals surface area contributed by atoms with Crippen molar-refractivity contribution < 1.29 is 18.0 Å². The number of halogens is 4. The third-order valence-corrected chi connectivity index (χ3v) is 4.82. The monoisotopic (exact) mass is 358 g/mol. The van der Waals surface area contributed by atoms with Crippen LogP contribution in [0.2, 0.25) is 5.02 Å². The van der Waals surface area contributed by atoms with Gasteiger partial charge in [-0.1, -0.05) is 30.7 Å². The Morgan fingerprint density at radius 2 is 2.21 bits per heavy atom. The maximum Gasteiger partial charge on any atom is 0.389 e. The molecule has 1 heterocycles. The van der Waals surface area contributed by atoms with E-state index in [1.165, 1.54) is 6.92 Å². The molecule has 1 aromatic carbocycles. The number of H-pyrrole nitrogens is 1. The molecule has 24 heavy (non-hydrogen) atoms. The SMILES string of the molecule is CC(CC(F)(F)F)C(=O)NC1CCc2[nH]c3c(Cl)cccc3c2C1. The molecule has 2 aromatic rings. The molecule has 3 nitrogen and oxygen atoms in total. The Bertz CT molecular complexity index is 769. The Morgan fingerprint density at radius 3 is 2.92 bits per heavy atom. The van der Waals surface area contributed by atoms with Crippen LogP contribution < -0.4 is 5.32 Å². The minimum absolute atomic E-state index is 0.154. The van der Waals surface area contributed by atoms with E-state index < -0.39 is 24.4 Å². The summed E-state index contributed by atoms with van der Waals surface area (Å²) < 4.78 is 37.2. The van der Waals surface area contributed by atoms with E-state index >= 15 is 0 Å². The van der Waals surface area contributed by atoms with Crippen molar-refractivity contribution in [2.24, 2.45) is 5.92 Å². The molecule has 1 amide bonds. The van der Waals surface area contributed by atoms with Crippen molar-refractivity contribution in [3.8, 4) is 0 Å². The molecule has 3 rings (SSSR count). The summed E-state index contributed by atoms with van der Waals surface area (Å²) in [6, 6.07) is 5.49. The number of nitrogens with one attached hydrogen (secondary N) is 2. The summed E-state index contributed by atoms with van der Waals surface area (Å²) in [5, 5.41) is 4.42. The van der Waals surface area contributed by atoms with Gasteiger partial charge in [0.25, 0.3) is 0 Å². The Kier molecular flexibility index (Phi) is 4.51. The Balaban J connectivity index is 1.72. The number of hydrogen-bond donors (Lipinski definition) is 2. The van der Waals surface area contributed by atoms with Crippen molar-refractivity contribution >= 4 is 28.4 Å². The molecule has 130 valence electrons. The zero-order valence-corrected chi connectivity index (χ0v) is 13.9. The van der Waals surface area contributed by atoms with Gasteiger partial charge < -0.3 is 10.3 Å². The summed E-state index contributed by atoms with van der Waals surface area (Å²) in [5.74, 6) is -1.62. The van der Waals surface area contributed by atoms with Crippen LogP contribution in [0, 0.1) is 5.92 Å². The minimum atomic E-state index is -4.33. The van der Waals surface area contributed by atoms with Crippen LogP contribution in [-0.4, -0.2) is 23.1 Å². The fraction of sp³-hybridized carbons (Fsp3) is 0.471. The number of hydrogen-bond acceptors (Lipinski definition) is 1. The van der Waals surface area contributed by atoms with Gasteiger partial charge in [0.2, 0.25) is 5.91 Å².